The van der Waals surface area contributed by atoms with E-state index in [0.29, 0.717) is 18.1 Å². The minimum absolute atomic E-state index is 0.484. The molecule has 2 rings (SSSR count). The second-order valence-corrected chi connectivity index (χ2v) is 1.55. The third-order valence-electron chi connectivity index (χ3n) is 0.989. The molecule has 0 aliphatic carbocycles. The summed E-state index contributed by atoms with van der Waals surface area (Å²) in [7, 11) is 0. The van der Waals surface area contributed by atoms with Crippen molar-refractivity contribution in [1.29, 1.82) is 0 Å². The maximum atomic E-state index is 3.67. The van der Waals surface area contributed by atoms with E-state index in [0.717, 1.165) is 0 Å². The molecule has 1 aromatic rings. The van der Waals surface area contributed by atoms with Gasteiger partial charge in [-0.3, -0.25) is 0 Å². The van der Waals surface area contributed by atoms with Crippen LogP contribution in [0, 0.1) is 0 Å². The van der Waals surface area contributed by atoms with Gasteiger partial charge in [0.05, 0.1) is 0 Å². The van der Waals surface area contributed by atoms with Crippen molar-refractivity contribution < 1.29 is 0 Å². The van der Waals surface area contributed by atoms with Crippen LogP contribution in [0.25, 0.3) is 0 Å². The number of aromatic nitrogens is 4. The molecule has 6 nitrogen and oxygen atoms in total. The van der Waals surface area contributed by atoms with Gasteiger partial charge < -0.3 is 0 Å². The predicted octanol–water partition coefficient (Wildman–Crippen LogP) is -0.136. The molecular weight excluding hydrogens is 120 g/mol. The topological polar surface area (TPSA) is 76.3 Å². The molecule has 0 bridgehead atoms. The molecule has 0 spiro atoms. The van der Waals surface area contributed by atoms with Crippen molar-refractivity contribution in [2.45, 2.75) is 6.54 Å². The predicted molar refractivity (Wildman–Crippen MR) is 25.8 cm³/mol. The Bertz CT molecular complexity index is 254. The van der Waals surface area contributed by atoms with Crippen molar-refractivity contribution in [3.63, 3.8) is 0 Å². The van der Waals surface area contributed by atoms with Gasteiger partial charge in [0.25, 0.3) is 0 Å². The highest BCUT2D eigenvalue weighted by atomic mass is 15.5. The second kappa shape index (κ2) is 1.51. The Morgan fingerprint density at radius 1 is 1.11 bits per heavy atom. The lowest BCUT2D eigenvalue weighted by Gasteiger charge is -1.83. The molecule has 0 aromatic carbocycles. The van der Waals surface area contributed by atoms with Gasteiger partial charge in [0.15, 0.2) is 0 Å². The number of nitrogens with zero attached hydrogens (tertiary/aromatic N) is 6. The van der Waals surface area contributed by atoms with Crippen LogP contribution < -0.4 is 0 Å². The summed E-state index contributed by atoms with van der Waals surface area (Å²) in [6.07, 6.45) is 0. The molecule has 0 fully saturated rings. The lowest BCUT2D eigenvalue weighted by atomic mass is 10.5. The maximum Gasteiger partial charge on any atom is 0.223 e. The first kappa shape index (κ1) is 4.42. The third kappa shape index (κ3) is 0.558. The lowest BCUT2D eigenvalue weighted by Crippen LogP contribution is -1.93. The molecule has 44 valence electrons. The lowest BCUT2D eigenvalue weighted by molar-refractivity contribution is 0.743. The van der Waals surface area contributed by atoms with Gasteiger partial charge in [0.2, 0.25) is 5.82 Å². The van der Waals surface area contributed by atoms with Gasteiger partial charge in [0, 0.05) is 0 Å². The number of hydrogen-bond acceptors (Lipinski definition) is 6. The third-order valence-corrected chi connectivity index (χ3v) is 0.989. The zero-order valence-corrected chi connectivity index (χ0v) is 4.39. The zero-order valence-electron chi connectivity index (χ0n) is 4.39. The van der Waals surface area contributed by atoms with Gasteiger partial charge in [-0.1, -0.05) is 0 Å². The Morgan fingerprint density at radius 2 is 2.00 bits per heavy atom. The van der Waals surface area contributed by atoms with Gasteiger partial charge >= 0.3 is 0 Å². The van der Waals surface area contributed by atoms with Gasteiger partial charge in [-0.05, 0) is 10.4 Å². The molecule has 0 radical (unpaired) electrons. The molecular formula is C3H2N6. The summed E-state index contributed by atoms with van der Waals surface area (Å²) < 4.78 is 0. The van der Waals surface area contributed by atoms with Gasteiger partial charge in [-0.2, -0.15) is 5.11 Å². The summed E-state index contributed by atoms with van der Waals surface area (Å²) in [5.74, 6) is 0.491. The SMILES string of the molecule is C1N=Nc2nnnnc21. The van der Waals surface area contributed by atoms with Crippen LogP contribution >= 0.6 is 0 Å². The summed E-state index contributed by atoms with van der Waals surface area (Å²) in [4.78, 5) is 0. The fraction of sp³-hybridized carbons (Fsp3) is 0.333. The Kier molecular flexibility index (Phi) is 0.741. The molecule has 0 saturated carbocycles. The van der Waals surface area contributed by atoms with Crippen LogP contribution in [0.1, 0.15) is 5.69 Å². The molecule has 0 atom stereocenters. The quantitative estimate of drug-likeness (QED) is 0.480. The van der Waals surface area contributed by atoms with E-state index in [4.69, 9.17) is 0 Å². The maximum absolute atomic E-state index is 3.67. The smallest absolute Gasteiger partial charge is 0.180 e. The van der Waals surface area contributed by atoms with E-state index in [1.54, 1.807) is 0 Å². The monoisotopic (exact) mass is 122 g/mol. The average Bonchev–Trinajstić information content (AvgIpc) is 2.33. The van der Waals surface area contributed by atoms with Crippen LogP contribution in [0.3, 0.4) is 0 Å². The second-order valence-electron chi connectivity index (χ2n) is 1.55. The van der Waals surface area contributed by atoms with Crippen LogP contribution in [0.15, 0.2) is 10.2 Å². The molecule has 9 heavy (non-hydrogen) atoms. The Hall–Kier alpha value is -1.46. The van der Waals surface area contributed by atoms with Crippen molar-refractivity contribution in [3.05, 3.63) is 5.69 Å². The molecule has 6 heteroatoms. The Balaban J connectivity index is 2.63. The van der Waals surface area contributed by atoms with Crippen LogP contribution in [0.5, 0.6) is 0 Å². The number of azo groups is 1. The van der Waals surface area contributed by atoms with E-state index in [2.05, 4.69) is 30.9 Å². The van der Waals surface area contributed by atoms with Crippen LogP contribution in [-0.2, 0) is 6.54 Å². The molecule has 0 amide bonds. The summed E-state index contributed by atoms with van der Waals surface area (Å²) >= 11 is 0. The zero-order chi connectivity index (χ0) is 6.10. The Morgan fingerprint density at radius 3 is 2.89 bits per heavy atom. The van der Waals surface area contributed by atoms with Crippen LogP contribution in [-0.4, -0.2) is 20.6 Å². The molecule has 0 saturated heterocycles. The van der Waals surface area contributed by atoms with E-state index in [-0.39, 0.29) is 0 Å². The molecule has 0 N–H and O–H groups in total. The fourth-order valence-corrected chi connectivity index (χ4v) is 0.588. The summed E-state index contributed by atoms with van der Waals surface area (Å²) in [5, 5.41) is 21.2. The average molecular weight is 122 g/mol. The fourth-order valence-electron chi connectivity index (χ4n) is 0.588. The Labute approximate surface area is 50.0 Å². The van der Waals surface area contributed by atoms with E-state index >= 15 is 0 Å². The van der Waals surface area contributed by atoms with Gasteiger partial charge in [-0.15, -0.1) is 15.3 Å². The summed E-state index contributed by atoms with van der Waals surface area (Å²) in [5.41, 5.74) is 0.699. The number of fused-ring (bicyclic) bond motifs is 1. The van der Waals surface area contributed by atoms with E-state index < -0.39 is 0 Å². The van der Waals surface area contributed by atoms with Gasteiger partial charge in [0.1, 0.15) is 12.2 Å². The molecule has 1 aliphatic heterocycles. The first-order valence-electron chi connectivity index (χ1n) is 2.39. The minimum atomic E-state index is 0.484. The highest BCUT2D eigenvalue weighted by Gasteiger charge is 2.09. The van der Waals surface area contributed by atoms with Crippen LogP contribution in [0.4, 0.5) is 5.82 Å². The van der Waals surface area contributed by atoms with Crippen molar-refractivity contribution in [3.8, 4) is 0 Å². The summed E-state index contributed by atoms with van der Waals surface area (Å²) in [6.45, 7) is 0.484. The first-order valence-corrected chi connectivity index (χ1v) is 2.39. The van der Waals surface area contributed by atoms with E-state index in [9.17, 15) is 0 Å². The van der Waals surface area contributed by atoms with Crippen molar-refractivity contribution >= 4 is 5.82 Å². The van der Waals surface area contributed by atoms with Crippen molar-refractivity contribution in [2.24, 2.45) is 10.2 Å². The normalized spacial score (nSPS) is 13.8. The first-order chi connectivity index (χ1) is 4.47. The van der Waals surface area contributed by atoms with E-state index in [1.807, 2.05) is 0 Å². The van der Waals surface area contributed by atoms with Crippen molar-refractivity contribution in [2.75, 3.05) is 0 Å². The minimum Gasteiger partial charge on any atom is -0.180 e. The molecule has 2 heterocycles. The van der Waals surface area contributed by atoms with Crippen LogP contribution in [0.2, 0.25) is 0 Å². The molecule has 1 aromatic heterocycles. The highest BCUT2D eigenvalue weighted by Crippen LogP contribution is 2.18. The highest BCUT2D eigenvalue weighted by molar-refractivity contribution is 5.31. The number of rotatable bonds is 0. The molecule has 1 aliphatic rings. The largest absolute Gasteiger partial charge is 0.223 e. The molecule has 0 unspecified atom stereocenters. The van der Waals surface area contributed by atoms with Gasteiger partial charge in [-0.25, -0.2) is 0 Å². The van der Waals surface area contributed by atoms with E-state index in [1.165, 1.54) is 0 Å². The van der Waals surface area contributed by atoms with Crippen molar-refractivity contribution in [1.82, 2.24) is 20.6 Å². The number of hydrogen-bond donors (Lipinski definition) is 0. The summed E-state index contributed by atoms with van der Waals surface area (Å²) in [6, 6.07) is 0. The standard InChI is InChI=1S/C3H2N6/c1-2-3(6-4-1)7-9-8-5-2/h1H2.